The molecule has 0 atom stereocenters. The van der Waals surface area contributed by atoms with E-state index >= 15 is 0 Å². The van der Waals surface area contributed by atoms with Gasteiger partial charge in [-0.15, -0.1) is 0 Å². The van der Waals surface area contributed by atoms with Crippen molar-refractivity contribution in [2.24, 2.45) is 0 Å². The molecule has 0 aliphatic carbocycles. The highest BCUT2D eigenvalue weighted by Gasteiger charge is 2.11. The average molecular weight is 332 g/mol. The highest BCUT2D eigenvalue weighted by Crippen LogP contribution is 2.20. The Morgan fingerprint density at radius 3 is 2.62 bits per heavy atom. The molecule has 0 bridgehead atoms. The van der Waals surface area contributed by atoms with E-state index in [4.69, 9.17) is 0 Å². The molecule has 0 N–H and O–H groups in total. The van der Waals surface area contributed by atoms with Gasteiger partial charge in [-0.1, -0.05) is 53.8 Å². The van der Waals surface area contributed by atoms with Crippen molar-refractivity contribution in [3.05, 3.63) is 80.1 Å². The van der Waals surface area contributed by atoms with Crippen molar-refractivity contribution in [3.8, 4) is 0 Å². The standard InChI is InChI=1S/C20H16N2OS/c1-13-11-16-17(12-14(13)2)22-19(23)18(24-20(22)21-16)10-6-9-15-7-4-3-5-8-15/h3-12H,1-2H3. The first kappa shape index (κ1) is 14.8. The van der Waals surface area contributed by atoms with Gasteiger partial charge in [0.25, 0.3) is 5.56 Å². The molecule has 0 saturated carbocycles. The highest BCUT2D eigenvalue weighted by molar-refractivity contribution is 7.15. The number of aromatic nitrogens is 2. The van der Waals surface area contributed by atoms with E-state index in [9.17, 15) is 4.79 Å². The summed E-state index contributed by atoms with van der Waals surface area (Å²) in [5.74, 6) is 0. The van der Waals surface area contributed by atoms with Crippen LogP contribution in [0.5, 0.6) is 0 Å². The third-order valence-corrected chi connectivity index (χ3v) is 5.18. The summed E-state index contributed by atoms with van der Waals surface area (Å²) in [4.78, 5) is 18.1. The summed E-state index contributed by atoms with van der Waals surface area (Å²) in [6.45, 7) is 4.12. The molecule has 24 heavy (non-hydrogen) atoms. The Kier molecular flexibility index (Phi) is 3.54. The summed E-state index contributed by atoms with van der Waals surface area (Å²) < 4.78 is 2.42. The fraction of sp³-hybridized carbons (Fsp3) is 0.100. The summed E-state index contributed by atoms with van der Waals surface area (Å²) in [7, 11) is 0. The molecule has 2 aromatic heterocycles. The van der Waals surface area contributed by atoms with Gasteiger partial charge < -0.3 is 0 Å². The van der Waals surface area contributed by atoms with E-state index in [1.54, 1.807) is 4.40 Å². The van der Waals surface area contributed by atoms with Crippen LogP contribution in [0.3, 0.4) is 0 Å². The Hall–Kier alpha value is -2.72. The Labute approximate surface area is 143 Å². The summed E-state index contributed by atoms with van der Waals surface area (Å²) >= 11 is 1.43. The number of hydrogen-bond donors (Lipinski definition) is 0. The number of allylic oxidation sites excluding steroid dienone is 1. The van der Waals surface area contributed by atoms with Gasteiger partial charge in [-0.05, 0) is 48.7 Å². The molecule has 0 spiro atoms. The molecule has 0 fully saturated rings. The van der Waals surface area contributed by atoms with Crippen LogP contribution in [0.1, 0.15) is 16.7 Å². The molecule has 118 valence electrons. The smallest absolute Gasteiger partial charge is 0.267 e. The maximum atomic E-state index is 12.7. The van der Waals surface area contributed by atoms with Gasteiger partial charge in [-0.25, -0.2) is 9.38 Å². The van der Waals surface area contributed by atoms with Crippen molar-refractivity contribution < 1.29 is 0 Å². The second-order valence-corrected chi connectivity index (χ2v) is 6.87. The molecule has 0 saturated heterocycles. The Morgan fingerprint density at radius 1 is 1.08 bits per heavy atom. The van der Waals surface area contributed by atoms with E-state index in [0.717, 1.165) is 21.6 Å². The molecule has 0 aliphatic rings. The lowest BCUT2D eigenvalue weighted by Gasteiger charge is -1.98. The van der Waals surface area contributed by atoms with Crippen LogP contribution in [0.4, 0.5) is 0 Å². The average Bonchev–Trinajstić information content (AvgIpc) is 3.06. The topological polar surface area (TPSA) is 34.4 Å². The molecular weight excluding hydrogens is 316 g/mol. The van der Waals surface area contributed by atoms with Gasteiger partial charge >= 0.3 is 0 Å². The number of imidazole rings is 1. The normalized spacial score (nSPS) is 12.8. The predicted molar refractivity (Wildman–Crippen MR) is 101 cm³/mol. The van der Waals surface area contributed by atoms with Crippen LogP contribution in [0, 0.1) is 13.8 Å². The molecule has 0 unspecified atom stereocenters. The molecule has 3 nitrogen and oxygen atoms in total. The van der Waals surface area contributed by atoms with E-state index in [1.165, 1.54) is 22.5 Å². The van der Waals surface area contributed by atoms with E-state index < -0.39 is 0 Å². The molecule has 4 aromatic rings. The summed E-state index contributed by atoms with van der Waals surface area (Å²) in [5, 5.41) is 0. The van der Waals surface area contributed by atoms with E-state index in [1.807, 2.05) is 60.7 Å². The summed E-state index contributed by atoms with van der Waals surface area (Å²) in [6.07, 6.45) is 5.77. The second kappa shape index (κ2) is 5.73. The second-order valence-electron chi connectivity index (χ2n) is 5.86. The third kappa shape index (κ3) is 2.45. The van der Waals surface area contributed by atoms with Gasteiger partial charge in [0, 0.05) is 0 Å². The van der Waals surface area contributed by atoms with Gasteiger partial charge in [0.15, 0.2) is 4.96 Å². The van der Waals surface area contributed by atoms with Crippen LogP contribution in [0.25, 0.3) is 28.1 Å². The lowest BCUT2D eigenvalue weighted by Crippen LogP contribution is -2.22. The van der Waals surface area contributed by atoms with Crippen LogP contribution < -0.4 is 10.1 Å². The van der Waals surface area contributed by atoms with E-state index in [2.05, 4.69) is 18.8 Å². The van der Waals surface area contributed by atoms with Crippen molar-refractivity contribution >= 4 is 39.5 Å². The number of rotatable bonds is 2. The molecule has 0 radical (unpaired) electrons. The zero-order valence-corrected chi connectivity index (χ0v) is 14.3. The van der Waals surface area contributed by atoms with Gasteiger partial charge in [0.1, 0.15) is 0 Å². The fourth-order valence-electron chi connectivity index (χ4n) is 2.74. The summed E-state index contributed by atoms with van der Waals surface area (Å²) in [5.41, 5.74) is 5.24. The number of fused-ring (bicyclic) bond motifs is 3. The number of aryl methyl sites for hydroxylation is 2. The molecule has 4 rings (SSSR count). The molecule has 2 aromatic carbocycles. The molecule has 0 amide bonds. The van der Waals surface area contributed by atoms with Crippen LogP contribution >= 0.6 is 11.3 Å². The number of nitrogens with zero attached hydrogens (tertiary/aromatic N) is 2. The largest absolute Gasteiger partial charge is 0.274 e. The summed E-state index contributed by atoms with van der Waals surface area (Å²) in [6, 6.07) is 14.1. The van der Waals surface area contributed by atoms with E-state index in [-0.39, 0.29) is 5.56 Å². The maximum Gasteiger partial charge on any atom is 0.274 e. The Bertz CT molecular complexity index is 1180. The zero-order chi connectivity index (χ0) is 16.7. The number of thiazole rings is 1. The third-order valence-electron chi connectivity index (χ3n) is 4.19. The first-order chi connectivity index (χ1) is 11.6. The molecule has 0 aliphatic heterocycles. The SMILES string of the molecule is Cc1cc2nc3sc(=CC=Cc4ccccc4)c(=O)n3c2cc1C. The quantitative estimate of drug-likeness (QED) is 0.560. The van der Waals surface area contributed by atoms with Gasteiger partial charge in [-0.3, -0.25) is 4.79 Å². The minimum atomic E-state index is -0.00142. The lowest BCUT2D eigenvalue weighted by atomic mass is 10.1. The van der Waals surface area contributed by atoms with Crippen LogP contribution in [-0.2, 0) is 0 Å². The molecule has 2 heterocycles. The van der Waals surface area contributed by atoms with Crippen LogP contribution in [0.2, 0.25) is 0 Å². The first-order valence-electron chi connectivity index (χ1n) is 7.79. The van der Waals surface area contributed by atoms with Crippen molar-refractivity contribution in [2.75, 3.05) is 0 Å². The monoisotopic (exact) mass is 332 g/mol. The maximum absolute atomic E-state index is 12.7. The van der Waals surface area contributed by atoms with Crippen molar-refractivity contribution in [1.82, 2.24) is 9.38 Å². The number of hydrogen-bond acceptors (Lipinski definition) is 3. The lowest BCUT2D eigenvalue weighted by molar-refractivity contribution is 1.18. The van der Waals surface area contributed by atoms with Crippen LogP contribution in [0.15, 0.2) is 53.3 Å². The van der Waals surface area contributed by atoms with E-state index in [0.29, 0.717) is 4.53 Å². The predicted octanol–water partition coefficient (Wildman–Crippen LogP) is 3.74. The first-order valence-corrected chi connectivity index (χ1v) is 8.61. The van der Waals surface area contributed by atoms with Gasteiger partial charge in [0.2, 0.25) is 0 Å². The highest BCUT2D eigenvalue weighted by atomic mass is 32.1. The van der Waals surface area contributed by atoms with Crippen molar-refractivity contribution in [1.29, 1.82) is 0 Å². The minimum Gasteiger partial charge on any atom is -0.267 e. The Morgan fingerprint density at radius 2 is 1.83 bits per heavy atom. The Balaban J connectivity index is 1.84. The molecule has 4 heteroatoms. The minimum absolute atomic E-state index is 0.00142. The molecular formula is C20H16N2OS. The van der Waals surface area contributed by atoms with Gasteiger partial charge in [0.05, 0.1) is 15.6 Å². The zero-order valence-electron chi connectivity index (χ0n) is 13.5. The van der Waals surface area contributed by atoms with Gasteiger partial charge in [-0.2, -0.15) is 0 Å². The van der Waals surface area contributed by atoms with Crippen molar-refractivity contribution in [3.63, 3.8) is 0 Å². The van der Waals surface area contributed by atoms with Crippen molar-refractivity contribution in [2.45, 2.75) is 13.8 Å². The fourth-order valence-corrected chi connectivity index (χ4v) is 3.68. The van der Waals surface area contributed by atoms with Crippen LogP contribution in [-0.4, -0.2) is 9.38 Å². The number of benzene rings is 2.